The maximum absolute atomic E-state index is 5.79. The van der Waals surface area contributed by atoms with Gasteiger partial charge in [0.2, 0.25) is 17.1 Å². The Morgan fingerprint density at radius 1 is 1.39 bits per heavy atom. The van der Waals surface area contributed by atoms with E-state index in [0.717, 1.165) is 18.7 Å². The molecule has 8 heteroatoms. The Bertz CT molecular complexity index is 529. The zero-order chi connectivity index (χ0) is 13.0. The highest BCUT2D eigenvalue weighted by atomic mass is 35.5. The third-order valence-corrected chi connectivity index (χ3v) is 2.17. The van der Waals surface area contributed by atoms with Crippen LogP contribution >= 0.6 is 11.6 Å². The molecule has 0 aromatic carbocycles. The van der Waals surface area contributed by atoms with Crippen molar-refractivity contribution >= 4 is 17.5 Å². The number of H-pyrrole nitrogens is 1. The molecule has 2 aromatic rings. The fourth-order valence-electron chi connectivity index (χ4n) is 1.23. The van der Waals surface area contributed by atoms with Gasteiger partial charge in [-0.05, 0) is 24.9 Å². The van der Waals surface area contributed by atoms with Gasteiger partial charge in [0.1, 0.15) is 0 Å². The van der Waals surface area contributed by atoms with Crippen LogP contribution in [0.25, 0.3) is 0 Å². The number of aromatic nitrogens is 5. The van der Waals surface area contributed by atoms with Crippen molar-refractivity contribution in [3.63, 3.8) is 0 Å². The van der Waals surface area contributed by atoms with E-state index in [4.69, 9.17) is 16.3 Å². The Morgan fingerprint density at radius 2 is 2.22 bits per heavy atom. The van der Waals surface area contributed by atoms with Gasteiger partial charge in [0.05, 0.1) is 0 Å². The third-order valence-electron chi connectivity index (χ3n) is 2.00. The van der Waals surface area contributed by atoms with Crippen molar-refractivity contribution in [2.45, 2.75) is 20.3 Å². The van der Waals surface area contributed by atoms with E-state index in [2.05, 4.69) is 30.5 Å². The quantitative estimate of drug-likeness (QED) is 0.864. The Morgan fingerprint density at radius 3 is 2.89 bits per heavy atom. The lowest BCUT2D eigenvalue weighted by Crippen LogP contribution is -2.06. The molecule has 7 nitrogen and oxygen atoms in total. The molecule has 0 spiro atoms. The van der Waals surface area contributed by atoms with E-state index in [-0.39, 0.29) is 11.3 Å². The molecule has 2 aromatic heterocycles. The maximum atomic E-state index is 5.79. The molecule has 0 fully saturated rings. The SMILES string of the molecule is CCCNc1nc(Cl)nc(Oc2cc(C)[nH]n2)n1. The van der Waals surface area contributed by atoms with Crippen LogP contribution in [-0.2, 0) is 0 Å². The van der Waals surface area contributed by atoms with Crippen LogP contribution in [0.1, 0.15) is 19.0 Å². The summed E-state index contributed by atoms with van der Waals surface area (Å²) < 4.78 is 5.37. The molecule has 0 unspecified atom stereocenters. The average Bonchev–Trinajstić information content (AvgIpc) is 2.71. The average molecular weight is 269 g/mol. The van der Waals surface area contributed by atoms with Gasteiger partial charge in [0, 0.05) is 18.3 Å². The monoisotopic (exact) mass is 268 g/mol. The van der Waals surface area contributed by atoms with E-state index in [1.54, 1.807) is 6.07 Å². The molecule has 0 aliphatic rings. The summed E-state index contributed by atoms with van der Waals surface area (Å²) in [5.74, 6) is 0.773. The number of nitrogens with one attached hydrogen (secondary N) is 2. The highest BCUT2D eigenvalue weighted by molar-refractivity contribution is 6.28. The first kappa shape index (κ1) is 12.6. The number of nitrogens with zero attached hydrogens (tertiary/aromatic N) is 4. The Labute approximate surface area is 109 Å². The molecule has 0 atom stereocenters. The first-order chi connectivity index (χ1) is 8.67. The van der Waals surface area contributed by atoms with Crippen molar-refractivity contribution < 1.29 is 4.74 Å². The van der Waals surface area contributed by atoms with E-state index in [0.29, 0.717) is 11.8 Å². The van der Waals surface area contributed by atoms with Crippen LogP contribution in [0.2, 0.25) is 5.28 Å². The van der Waals surface area contributed by atoms with Gasteiger partial charge in [0.15, 0.2) is 0 Å². The molecular formula is C10H13ClN6O. The molecule has 0 aliphatic heterocycles. The predicted octanol–water partition coefficient (Wildman–Crippen LogP) is 2.17. The molecule has 2 N–H and O–H groups in total. The summed E-state index contributed by atoms with van der Waals surface area (Å²) in [5.41, 5.74) is 0.884. The second kappa shape index (κ2) is 5.63. The van der Waals surface area contributed by atoms with Crippen LogP contribution in [0.4, 0.5) is 5.95 Å². The van der Waals surface area contributed by atoms with Gasteiger partial charge in [-0.25, -0.2) is 0 Å². The standard InChI is InChI=1S/C10H13ClN6O/c1-3-4-12-9-13-8(11)14-10(15-9)18-7-5-6(2)16-17-7/h5H,3-4H2,1-2H3,(H,16,17)(H,12,13,14,15). The van der Waals surface area contributed by atoms with Crippen LogP contribution in [0.5, 0.6) is 11.9 Å². The van der Waals surface area contributed by atoms with E-state index in [9.17, 15) is 0 Å². The van der Waals surface area contributed by atoms with Gasteiger partial charge in [-0.3, -0.25) is 5.10 Å². The number of ether oxygens (including phenoxy) is 1. The fourth-order valence-corrected chi connectivity index (χ4v) is 1.38. The van der Waals surface area contributed by atoms with Crippen molar-refractivity contribution in [1.29, 1.82) is 0 Å². The number of hydrogen-bond donors (Lipinski definition) is 2. The summed E-state index contributed by atoms with van der Waals surface area (Å²) in [6.07, 6.45) is 0.956. The molecule has 0 saturated carbocycles. The molecule has 0 saturated heterocycles. The smallest absolute Gasteiger partial charge is 0.329 e. The number of hydrogen-bond acceptors (Lipinski definition) is 6. The molecule has 2 rings (SSSR count). The molecular weight excluding hydrogens is 256 g/mol. The van der Waals surface area contributed by atoms with E-state index in [1.165, 1.54) is 0 Å². The van der Waals surface area contributed by atoms with E-state index < -0.39 is 0 Å². The minimum Gasteiger partial charge on any atom is -0.403 e. The first-order valence-corrected chi connectivity index (χ1v) is 5.90. The van der Waals surface area contributed by atoms with Gasteiger partial charge in [-0.2, -0.15) is 15.0 Å². The summed E-state index contributed by atoms with van der Waals surface area (Å²) in [6.45, 7) is 4.66. The van der Waals surface area contributed by atoms with E-state index >= 15 is 0 Å². The highest BCUT2D eigenvalue weighted by Gasteiger charge is 2.08. The van der Waals surface area contributed by atoms with Gasteiger partial charge < -0.3 is 10.1 Å². The third kappa shape index (κ3) is 3.30. The normalized spacial score (nSPS) is 10.4. The summed E-state index contributed by atoms with van der Waals surface area (Å²) >= 11 is 5.79. The van der Waals surface area contributed by atoms with Gasteiger partial charge in [0.25, 0.3) is 0 Å². The predicted molar refractivity (Wildman–Crippen MR) is 67.0 cm³/mol. The molecule has 0 bridgehead atoms. The number of anilines is 1. The zero-order valence-corrected chi connectivity index (χ0v) is 10.8. The number of halogens is 1. The number of rotatable bonds is 5. The van der Waals surface area contributed by atoms with Crippen LogP contribution in [-0.4, -0.2) is 31.7 Å². The maximum Gasteiger partial charge on any atom is 0.329 e. The summed E-state index contributed by atoms with van der Waals surface area (Å²) in [7, 11) is 0. The van der Waals surface area contributed by atoms with Crippen LogP contribution in [0.3, 0.4) is 0 Å². The van der Waals surface area contributed by atoms with Gasteiger partial charge in [-0.1, -0.05) is 6.92 Å². The molecule has 2 heterocycles. The molecule has 18 heavy (non-hydrogen) atoms. The topological polar surface area (TPSA) is 88.6 Å². The number of aromatic amines is 1. The summed E-state index contributed by atoms with van der Waals surface area (Å²) in [6, 6.07) is 1.84. The second-order valence-corrected chi connectivity index (χ2v) is 3.97. The lowest BCUT2D eigenvalue weighted by Gasteiger charge is -2.04. The largest absolute Gasteiger partial charge is 0.403 e. The van der Waals surface area contributed by atoms with Crippen LogP contribution < -0.4 is 10.1 Å². The van der Waals surface area contributed by atoms with E-state index in [1.807, 2.05) is 13.8 Å². The highest BCUT2D eigenvalue weighted by Crippen LogP contribution is 2.18. The second-order valence-electron chi connectivity index (χ2n) is 3.63. The Kier molecular flexibility index (Phi) is 3.93. The van der Waals surface area contributed by atoms with Crippen molar-refractivity contribution in [2.75, 3.05) is 11.9 Å². The van der Waals surface area contributed by atoms with Crippen molar-refractivity contribution in [3.05, 3.63) is 17.0 Å². The van der Waals surface area contributed by atoms with Crippen molar-refractivity contribution in [1.82, 2.24) is 25.1 Å². The minimum absolute atomic E-state index is 0.0749. The number of aryl methyl sites for hydroxylation is 1. The molecule has 0 radical (unpaired) electrons. The Hall–Kier alpha value is -1.89. The van der Waals surface area contributed by atoms with Crippen LogP contribution in [0, 0.1) is 6.92 Å². The Balaban J connectivity index is 2.14. The first-order valence-electron chi connectivity index (χ1n) is 5.52. The van der Waals surface area contributed by atoms with Gasteiger partial charge >= 0.3 is 6.01 Å². The summed E-state index contributed by atoms with van der Waals surface area (Å²) in [4.78, 5) is 11.9. The lowest BCUT2D eigenvalue weighted by molar-refractivity contribution is 0.422. The van der Waals surface area contributed by atoms with Crippen LogP contribution in [0.15, 0.2) is 6.07 Å². The zero-order valence-electron chi connectivity index (χ0n) is 10.1. The minimum atomic E-state index is 0.0749. The fraction of sp³-hybridized carbons (Fsp3) is 0.400. The lowest BCUT2D eigenvalue weighted by atomic mass is 10.5. The molecule has 0 aliphatic carbocycles. The van der Waals surface area contributed by atoms with Gasteiger partial charge in [-0.15, -0.1) is 5.10 Å². The van der Waals surface area contributed by atoms with Crippen molar-refractivity contribution in [3.8, 4) is 11.9 Å². The molecule has 0 amide bonds. The molecule has 96 valence electrons. The van der Waals surface area contributed by atoms with Crippen molar-refractivity contribution in [2.24, 2.45) is 0 Å². The summed E-state index contributed by atoms with van der Waals surface area (Å²) in [5, 5.41) is 9.77.